The molecule has 1 aromatic rings. The number of nitrogens with zero attached hydrogens (tertiary/aromatic N) is 2. The summed E-state index contributed by atoms with van der Waals surface area (Å²) in [5.74, 6) is 1.44. The highest BCUT2D eigenvalue weighted by Crippen LogP contribution is 2.57. The molecule has 3 aliphatic rings. The molecule has 5 nitrogen and oxygen atoms in total. The summed E-state index contributed by atoms with van der Waals surface area (Å²) in [6.07, 6.45) is 4.79. The van der Waals surface area contributed by atoms with Crippen molar-refractivity contribution in [1.82, 2.24) is 4.90 Å². The van der Waals surface area contributed by atoms with E-state index in [1.54, 1.807) is 7.11 Å². The normalized spacial score (nSPS) is 34.8. The topological polar surface area (TPSA) is 65.7 Å². The van der Waals surface area contributed by atoms with E-state index < -0.39 is 6.10 Å². The monoisotopic (exact) mass is 312 g/mol. The van der Waals surface area contributed by atoms with Crippen molar-refractivity contribution >= 4 is 0 Å². The highest BCUT2D eigenvalue weighted by Gasteiger charge is 2.53. The third-order valence-electron chi connectivity index (χ3n) is 5.48. The van der Waals surface area contributed by atoms with Gasteiger partial charge in [-0.05, 0) is 25.1 Å². The van der Waals surface area contributed by atoms with Crippen LogP contribution in [-0.2, 0) is 5.41 Å². The van der Waals surface area contributed by atoms with Crippen LogP contribution >= 0.6 is 0 Å². The SMILES string of the molecule is COc1ccc2c3c1O[C@H]1C[C@H](O)C=C[C@@]31CCN(C)[C@H]2C#N. The van der Waals surface area contributed by atoms with E-state index in [2.05, 4.69) is 17.0 Å². The van der Waals surface area contributed by atoms with Crippen LogP contribution < -0.4 is 9.47 Å². The van der Waals surface area contributed by atoms with Crippen molar-refractivity contribution in [3.8, 4) is 17.6 Å². The molecule has 4 atom stereocenters. The molecule has 0 aromatic heterocycles. The first-order valence-corrected chi connectivity index (χ1v) is 7.96. The fourth-order valence-corrected chi connectivity index (χ4v) is 4.27. The Labute approximate surface area is 135 Å². The van der Waals surface area contributed by atoms with Crippen molar-refractivity contribution < 1.29 is 14.6 Å². The van der Waals surface area contributed by atoms with Gasteiger partial charge in [-0.15, -0.1) is 0 Å². The van der Waals surface area contributed by atoms with Gasteiger partial charge in [-0.2, -0.15) is 5.26 Å². The maximum Gasteiger partial charge on any atom is 0.166 e. The molecule has 2 heterocycles. The Morgan fingerprint density at radius 2 is 2.30 bits per heavy atom. The number of aliphatic hydroxyl groups excluding tert-OH is 1. The lowest BCUT2D eigenvalue weighted by molar-refractivity contribution is 0.0817. The number of aliphatic hydroxyl groups is 1. The van der Waals surface area contributed by atoms with Gasteiger partial charge >= 0.3 is 0 Å². The van der Waals surface area contributed by atoms with Crippen molar-refractivity contribution in [1.29, 1.82) is 5.26 Å². The molecule has 0 unspecified atom stereocenters. The molecule has 1 spiro atoms. The number of nitriles is 1. The lowest BCUT2D eigenvalue weighted by Gasteiger charge is -2.35. The van der Waals surface area contributed by atoms with Gasteiger partial charge in [-0.1, -0.05) is 18.2 Å². The summed E-state index contributed by atoms with van der Waals surface area (Å²) in [5.41, 5.74) is 1.78. The molecule has 1 aromatic carbocycles. The molecule has 0 radical (unpaired) electrons. The van der Waals surface area contributed by atoms with E-state index in [4.69, 9.17) is 9.47 Å². The van der Waals surface area contributed by atoms with E-state index in [1.165, 1.54) is 0 Å². The molecule has 0 fully saturated rings. The minimum atomic E-state index is -0.484. The minimum Gasteiger partial charge on any atom is -0.493 e. The molecule has 4 rings (SSSR count). The Balaban J connectivity index is 2.00. The first kappa shape index (κ1) is 14.6. The Morgan fingerprint density at radius 1 is 1.48 bits per heavy atom. The summed E-state index contributed by atoms with van der Waals surface area (Å²) >= 11 is 0. The summed E-state index contributed by atoms with van der Waals surface area (Å²) in [6.45, 7) is 0.801. The molecule has 1 aliphatic carbocycles. The molecule has 0 saturated heterocycles. The van der Waals surface area contributed by atoms with Crippen LogP contribution in [0.2, 0.25) is 0 Å². The maximum absolute atomic E-state index is 10.0. The van der Waals surface area contributed by atoms with Crippen LogP contribution in [0.1, 0.15) is 30.0 Å². The number of methoxy groups -OCH3 is 1. The smallest absolute Gasteiger partial charge is 0.166 e. The van der Waals surface area contributed by atoms with Crippen LogP contribution in [0.4, 0.5) is 0 Å². The predicted octanol–water partition coefficient (Wildman–Crippen LogP) is 1.91. The van der Waals surface area contributed by atoms with Crippen LogP contribution in [0, 0.1) is 11.3 Å². The zero-order chi connectivity index (χ0) is 16.2. The average molecular weight is 312 g/mol. The summed E-state index contributed by atoms with van der Waals surface area (Å²) in [6, 6.07) is 5.99. The van der Waals surface area contributed by atoms with Gasteiger partial charge in [-0.3, -0.25) is 4.90 Å². The Morgan fingerprint density at radius 3 is 3.04 bits per heavy atom. The molecule has 1 N–H and O–H groups in total. The maximum atomic E-state index is 10.0. The molecule has 0 saturated carbocycles. The standard InChI is InChI=1S/C18H20N2O3/c1-20-8-7-18-6-5-11(21)9-15(18)23-17-14(22-2)4-3-12(16(17)18)13(20)10-19/h3-6,11,13,15,21H,7-9H2,1-2H3/t11-,13+,15+,18+/m1/s1. The Hall–Kier alpha value is -2.03. The molecule has 23 heavy (non-hydrogen) atoms. The molecule has 5 heteroatoms. The first-order valence-electron chi connectivity index (χ1n) is 7.96. The van der Waals surface area contributed by atoms with E-state index in [1.807, 2.05) is 25.3 Å². The summed E-state index contributed by atoms with van der Waals surface area (Å²) in [4.78, 5) is 2.09. The molecular formula is C18H20N2O3. The van der Waals surface area contributed by atoms with Gasteiger partial charge in [-0.25, -0.2) is 0 Å². The number of hydrogen-bond donors (Lipinski definition) is 1. The number of rotatable bonds is 1. The molecule has 0 amide bonds. The van der Waals surface area contributed by atoms with Crippen LogP contribution in [0.5, 0.6) is 11.5 Å². The third kappa shape index (κ3) is 1.85. The van der Waals surface area contributed by atoms with Gasteiger partial charge in [0.05, 0.1) is 24.7 Å². The van der Waals surface area contributed by atoms with Crippen molar-refractivity contribution in [2.75, 3.05) is 20.7 Å². The van der Waals surface area contributed by atoms with Crippen molar-refractivity contribution in [2.24, 2.45) is 0 Å². The van der Waals surface area contributed by atoms with Crippen molar-refractivity contribution in [3.63, 3.8) is 0 Å². The van der Waals surface area contributed by atoms with Crippen molar-refractivity contribution in [3.05, 3.63) is 35.4 Å². The zero-order valence-corrected chi connectivity index (χ0v) is 13.3. The van der Waals surface area contributed by atoms with Gasteiger partial charge in [0, 0.05) is 18.5 Å². The van der Waals surface area contributed by atoms with Gasteiger partial charge in [0.15, 0.2) is 11.5 Å². The van der Waals surface area contributed by atoms with Gasteiger partial charge < -0.3 is 14.6 Å². The highest BCUT2D eigenvalue weighted by molar-refractivity contribution is 5.62. The number of benzene rings is 1. The number of ether oxygens (including phenoxy) is 2. The first-order chi connectivity index (χ1) is 11.1. The minimum absolute atomic E-state index is 0.113. The zero-order valence-electron chi connectivity index (χ0n) is 13.3. The van der Waals surface area contributed by atoms with E-state index in [-0.39, 0.29) is 17.6 Å². The summed E-state index contributed by atoms with van der Waals surface area (Å²) in [7, 11) is 3.62. The highest BCUT2D eigenvalue weighted by atomic mass is 16.5. The average Bonchev–Trinajstić information content (AvgIpc) is 2.82. The third-order valence-corrected chi connectivity index (χ3v) is 5.48. The van der Waals surface area contributed by atoms with Gasteiger partial charge in [0.2, 0.25) is 0 Å². The predicted molar refractivity (Wildman–Crippen MR) is 84.5 cm³/mol. The Bertz CT molecular complexity index is 724. The second-order valence-corrected chi connectivity index (χ2v) is 6.63. The quantitative estimate of drug-likeness (QED) is 0.803. The second kappa shape index (κ2) is 4.98. The largest absolute Gasteiger partial charge is 0.493 e. The lowest BCUT2D eigenvalue weighted by atomic mass is 9.69. The second-order valence-electron chi connectivity index (χ2n) is 6.63. The molecule has 2 aliphatic heterocycles. The van der Waals surface area contributed by atoms with Crippen LogP contribution in [0.25, 0.3) is 0 Å². The van der Waals surface area contributed by atoms with E-state index in [0.717, 1.165) is 29.8 Å². The molecule has 0 bridgehead atoms. The number of hydrogen-bond acceptors (Lipinski definition) is 5. The molecule has 120 valence electrons. The van der Waals surface area contributed by atoms with Crippen LogP contribution in [0.15, 0.2) is 24.3 Å². The van der Waals surface area contributed by atoms with Gasteiger partial charge in [0.1, 0.15) is 12.1 Å². The fraction of sp³-hybridized carbons (Fsp3) is 0.500. The van der Waals surface area contributed by atoms with Gasteiger partial charge in [0.25, 0.3) is 0 Å². The summed E-state index contributed by atoms with van der Waals surface area (Å²) in [5, 5.41) is 19.7. The lowest BCUT2D eigenvalue weighted by Crippen LogP contribution is -2.42. The Kier molecular flexibility index (Phi) is 3.15. The fourth-order valence-electron chi connectivity index (χ4n) is 4.27. The van der Waals surface area contributed by atoms with E-state index in [9.17, 15) is 10.4 Å². The van der Waals surface area contributed by atoms with E-state index in [0.29, 0.717) is 12.2 Å². The van der Waals surface area contributed by atoms with Crippen molar-refractivity contribution in [2.45, 2.75) is 36.5 Å². The van der Waals surface area contributed by atoms with Crippen LogP contribution in [0.3, 0.4) is 0 Å². The molecular weight excluding hydrogens is 292 g/mol. The summed E-state index contributed by atoms with van der Waals surface area (Å²) < 4.78 is 11.7. The van der Waals surface area contributed by atoms with Crippen LogP contribution in [-0.4, -0.2) is 42.9 Å². The van der Waals surface area contributed by atoms with E-state index >= 15 is 0 Å².